The summed E-state index contributed by atoms with van der Waals surface area (Å²) >= 11 is 0. The second kappa shape index (κ2) is 9.56. The number of pyridine rings is 1. The van der Waals surface area contributed by atoms with E-state index in [-0.39, 0.29) is 24.1 Å². The number of methoxy groups -OCH3 is 2. The van der Waals surface area contributed by atoms with Gasteiger partial charge < -0.3 is 14.4 Å². The molecule has 2 heterocycles. The third-order valence-corrected chi connectivity index (χ3v) is 7.63. The normalized spacial score (nSPS) is 15.5. The first-order valence-electron chi connectivity index (χ1n) is 12.6. The number of benzene rings is 3. The summed E-state index contributed by atoms with van der Waals surface area (Å²) in [5.74, 6) is 0.106. The van der Waals surface area contributed by atoms with Crippen molar-refractivity contribution in [3.8, 4) is 22.6 Å². The Hall–Kier alpha value is -4.26. The molecule has 1 aliphatic heterocycles. The molecule has 0 saturated carbocycles. The minimum Gasteiger partial charge on any atom is -0.493 e. The number of carbonyl (C=O) groups is 1. The van der Waals surface area contributed by atoms with E-state index in [1.165, 1.54) is 23.8 Å². The molecule has 5 nitrogen and oxygen atoms in total. The van der Waals surface area contributed by atoms with Gasteiger partial charge in [-0.1, -0.05) is 30.3 Å². The van der Waals surface area contributed by atoms with E-state index in [4.69, 9.17) is 9.47 Å². The summed E-state index contributed by atoms with van der Waals surface area (Å²) in [6, 6.07) is 17.4. The number of ether oxygens (including phenoxy) is 2. The van der Waals surface area contributed by atoms with Gasteiger partial charge >= 0.3 is 0 Å². The summed E-state index contributed by atoms with van der Waals surface area (Å²) < 4.78 is 41.4. The SMILES string of the molecule is COc1cc2c3c(c1OC)-c1ccccc1CC3N(C(=O)c1cc[n+](Cc3c(F)cccc3F)cc1)CC2. The van der Waals surface area contributed by atoms with Crippen LogP contribution in [0.5, 0.6) is 11.5 Å². The fourth-order valence-corrected chi connectivity index (χ4v) is 5.81. The van der Waals surface area contributed by atoms with Crippen LogP contribution in [0.4, 0.5) is 8.78 Å². The summed E-state index contributed by atoms with van der Waals surface area (Å²) in [6.07, 6.45) is 4.78. The molecular weight excluding hydrogens is 486 g/mol. The Kier molecular flexibility index (Phi) is 6.06. The largest absolute Gasteiger partial charge is 0.493 e. The monoisotopic (exact) mass is 513 g/mol. The fraction of sp³-hybridized carbons (Fsp3) is 0.226. The smallest absolute Gasteiger partial charge is 0.254 e. The molecule has 6 rings (SSSR count). The van der Waals surface area contributed by atoms with Gasteiger partial charge in [0.25, 0.3) is 5.91 Å². The lowest BCUT2D eigenvalue weighted by molar-refractivity contribution is -0.688. The van der Waals surface area contributed by atoms with Crippen LogP contribution in [0.25, 0.3) is 11.1 Å². The molecule has 0 fully saturated rings. The van der Waals surface area contributed by atoms with Gasteiger partial charge in [0.05, 0.1) is 31.4 Å². The summed E-state index contributed by atoms with van der Waals surface area (Å²) in [5.41, 5.74) is 6.04. The Morgan fingerprint density at radius 3 is 2.42 bits per heavy atom. The van der Waals surface area contributed by atoms with Crippen LogP contribution >= 0.6 is 0 Å². The number of halogens is 2. The first kappa shape index (κ1) is 24.1. The highest BCUT2D eigenvalue weighted by Crippen LogP contribution is 2.52. The molecule has 3 aromatic carbocycles. The van der Waals surface area contributed by atoms with Crippen LogP contribution in [0, 0.1) is 11.6 Å². The molecule has 2 aliphatic rings. The lowest BCUT2D eigenvalue weighted by Gasteiger charge is -2.42. The lowest BCUT2D eigenvalue weighted by atomic mass is 9.76. The van der Waals surface area contributed by atoms with Gasteiger partial charge in [-0.2, -0.15) is 0 Å². The molecule has 1 amide bonds. The molecule has 1 atom stereocenters. The van der Waals surface area contributed by atoms with Gasteiger partial charge in [-0.3, -0.25) is 4.79 Å². The van der Waals surface area contributed by atoms with Crippen molar-refractivity contribution in [2.75, 3.05) is 20.8 Å². The minimum atomic E-state index is -0.593. The number of fused-ring (bicyclic) bond motifs is 2. The average Bonchev–Trinajstić information content (AvgIpc) is 2.95. The Labute approximate surface area is 219 Å². The number of nitrogens with zero attached hydrogens (tertiary/aromatic N) is 2. The van der Waals surface area contributed by atoms with E-state index in [0.29, 0.717) is 36.4 Å². The second-order valence-electron chi connectivity index (χ2n) is 9.64. The number of hydrogen-bond acceptors (Lipinski definition) is 3. The number of hydrogen-bond donors (Lipinski definition) is 0. The van der Waals surface area contributed by atoms with Crippen LogP contribution < -0.4 is 14.0 Å². The average molecular weight is 514 g/mol. The minimum absolute atomic E-state index is 0.0120. The van der Waals surface area contributed by atoms with E-state index >= 15 is 0 Å². The maximum Gasteiger partial charge on any atom is 0.254 e. The van der Waals surface area contributed by atoms with Crippen molar-refractivity contribution in [1.82, 2.24) is 4.90 Å². The lowest BCUT2D eigenvalue weighted by Crippen LogP contribution is -2.43. The van der Waals surface area contributed by atoms with Crippen LogP contribution in [-0.4, -0.2) is 31.6 Å². The van der Waals surface area contributed by atoms with Crippen LogP contribution in [0.3, 0.4) is 0 Å². The van der Waals surface area contributed by atoms with E-state index in [9.17, 15) is 13.6 Å². The molecule has 0 radical (unpaired) electrons. The molecule has 0 saturated heterocycles. The number of carbonyl (C=O) groups excluding carboxylic acids is 1. The standard InChI is InChI=1S/C31H27F2N2O3/c1-37-27-17-21-12-15-35(26-16-20-6-3-4-7-22(20)29(28(21)26)30(27)38-2)31(36)19-10-13-34(14-11-19)18-23-24(32)8-5-9-25(23)33/h3-11,13-14,17,26H,12,15-16,18H2,1-2H3/q+1. The fourth-order valence-electron chi connectivity index (χ4n) is 5.81. The maximum absolute atomic E-state index is 14.1. The predicted molar refractivity (Wildman–Crippen MR) is 138 cm³/mol. The highest BCUT2D eigenvalue weighted by molar-refractivity contribution is 5.95. The van der Waals surface area contributed by atoms with E-state index in [0.717, 1.165) is 22.3 Å². The Balaban J connectivity index is 1.35. The number of rotatable bonds is 5. The van der Waals surface area contributed by atoms with Gasteiger partial charge in [-0.05, 0) is 53.3 Å². The highest BCUT2D eigenvalue weighted by atomic mass is 19.1. The molecule has 0 spiro atoms. The van der Waals surface area contributed by atoms with Crippen molar-refractivity contribution >= 4 is 5.91 Å². The van der Waals surface area contributed by atoms with Crippen molar-refractivity contribution < 1.29 is 27.6 Å². The number of aromatic nitrogens is 1. The van der Waals surface area contributed by atoms with E-state index in [1.807, 2.05) is 23.1 Å². The summed E-state index contributed by atoms with van der Waals surface area (Å²) in [6.45, 7) is 0.609. The highest BCUT2D eigenvalue weighted by Gasteiger charge is 2.39. The Bertz CT molecular complexity index is 1530. The van der Waals surface area contributed by atoms with Gasteiger partial charge in [0, 0.05) is 24.2 Å². The van der Waals surface area contributed by atoms with E-state index < -0.39 is 11.6 Å². The van der Waals surface area contributed by atoms with Crippen molar-refractivity contribution in [3.63, 3.8) is 0 Å². The molecule has 1 aromatic heterocycles. The second-order valence-corrected chi connectivity index (χ2v) is 9.64. The molecule has 0 N–H and O–H groups in total. The van der Waals surface area contributed by atoms with Crippen LogP contribution in [0.2, 0.25) is 0 Å². The first-order valence-corrected chi connectivity index (χ1v) is 12.6. The summed E-state index contributed by atoms with van der Waals surface area (Å²) in [4.78, 5) is 15.8. The van der Waals surface area contributed by atoms with Crippen molar-refractivity contribution in [2.24, 2.45) is 0 Å². The number of amides is 1. The molecular formula is C31H27F2N2O3+. The third kappa shape index (κ3) is 3.90. The Morgan fingerprint density at radius 1 is 0.974 bits per heavy atom. The molecule has 4 aromatic rings. The van der Waals surface area contributed by atoms with Crippen molar-refractivity contribution in [1.29, 1.82) is 0 Å². The molecule has 192 valence electrons. The van der Waals surface area contributed by atoms with Gasteiger partial charge in [-0.15, -0.1) is 0 Å². The van der Waals surface area contributed by atoms with Gasteiger partial charge in [0.1, 0.15) is 11.6 Å². The predicted octanol–water partition coefficient (Wildman–Crippen LogP) is 5.28. The molecule has 7 heteroatoms. The van der Waals surface area contributed by atoms with Gasteiger partial charge in [0.2, 0.25) is 0 Å². The van der Waals surface area contributed by atoms with E-state index in [2.05, 4.69) is 12.1 Å². The third-order valence-electron chi connectivity index (χ3n) is 7.63. The zero-order chi connectivity index (χ0) is 26.4. The van der Waals surface area contributed by atoms with Crippen LogP contribution in [0.15, 0.2) is 73.1 Å². The topological polar surface area (TPSA) is 42.7 Å². The molecule has 1 unspecified atom stereocenters. The van der Waals surface area contributed by atoms with Crippen molar-refractivity contribution in [2.45, 2.75) is 25.4 Å². The van der Waals surface area contributed by atoms with E-state index in [1.54, 1.807) is 43.3 Å². The zero-order valence-electron chi connectivity index (χ0n) is 21.2. The van der Waals surface area contributed by atoms with Crippen LogP contribution in [-0.2, 0) is 19.4 Å². The summed E-state index contributed by atoms with van der Waals surface area (Å²) in [7, 11) is 3.29. The van der Waals surface area contributed by atoms with Gasteiger partial charge in [-0.25, -0.2) is 13.3 Å². The molecule has 38 heavy (non-hydrogen) atoms. The maximum atomic E-state index is 14.1. The first-order chi connectivity index (χ1) is 18.5. The molecule has 0 bridgehead atoms. The Morgan fingerprint density at radius 2 is 1.71 bits per heavy atom. The zero-order valence-corrected chi connectivity index (χ0v) is 21.2. The van der Waals surface area contributed by atoms with Crippen LogP contribution in [0.1, 0.15) is 38.7 Å². The molecule has 1 aliphatic carbocycles. The quantitative estimate of drug-likeness (QED) is 0.341. The van der Waals surface area contributed by atoms with Gasteiger partial charge in [0.15, 0.2) is 30.4 Å². The van der Waals surface area contributed by atoms with Crippen molar-refractivity contribution in [3.05, 3.63) is 113 Å². The summed E-state index contributed by atoms with van der Waals surface area (Å²) in [5, 5.41) is 0.